The average Bonchev–Trinajstić information content (AvgIpc) is 2.18. The van der Waals surface area contributed by atoms with Crippen molar-refractivity contribution in [2.75, 3.05) is 0 Å². The van der Waals surface area contributed by atoms with Crippen molar-refractivity contribution in [1.82, 2.24) is 0 Å². The second-order valence-corrected chi connectivity index (χ2v) is 2.86. The molecule has 0 aromatic heterocycles. The molecule has 81 valence electrons. The minimum Gasteiger partial charge on any atom is -0.655 e. The summed E-state index contributed by atoms with van der Waals surface area (Å²) in [5, 5.41) is 12.8. The summed E-state index contributed by atoms with van der Waals surface area (Å²) < 4.78 is 0. The maximum atomic E-state index is 10.7. The Kier molecular flexibility index (Phi) is 29.3. The maximum absolute atomic E-state index is 10.7. The molecule has 1 aromatic carbocycles. The Balaban J connectivity index is -0.000000150. The molecule has 20 heavy (non-hydrogen) atoms. The number of rotatable bonds is 1. The number of benzene rings is 1. The number of amides is 1. The van der Waals surface area contributed by atoms with E-state index in [0.29, 0.717) is 0 Å². The van der Waals surface area contributed by atoms with E-state index in [1.54, 1.807) is 0 Å². The van der Waals surface area contributed by atoms with Crippen LogP contribution in [0.5, 0.6) is 5.75 Å². The van der Waals surface area contributed by atoms with Crippen LogP contribution in [-0.4, -0.2) is 42.4 Å². The van der Waals surface area contributed by atoms with Crippen LogP contribution in [-0.2, 0) is 168 Å². The molecule has 0 bridgehead atoms. The molecule has 1 aromatic rings. The van der Waals surface area contributed by atoms with Crippen LogP contribution in [0.15, 0.2) is 0 Å². The molecule has 13 radical (unpaired) electrons. The van der Waals surface area contributed by atoms with Crippen LogP contribution in [0.3, 0.4) is 0 Å². The molecule has 1 amide bonds. The molecular formula is C8H3B4NO2Y5-2. The second-order valence-electron chi connectivity index (χ2n) is 2.86. The Labute approximate surface area is 250 Å². The van der Waals surface area contributed by atoms with Crippen LogP contribution in [0.4, 0.5) is 5.69 Å². The zero-order valence-electron chi connectivity index (χ0n) is 10.7. The van der Waals surface area contributed by atoms with E-state index in [9.17, 15) is 9.90 Å². The van der Waals surface area contributed by atoms with Gasteiger partial charge in [-0.05, 0) is 0 Å². The summed E-state index contributed by atoms with van der Waals surface area (Å²) in [5.41, 5.74) is -0.599. The van der Waals surface area contributed by atoms with Crippen LogP contribution >= 0.6 is 0 Å². The van der Waals surface area contributed by atoms with Gasteiger partial charge in [-0.25, -0.2) is 0 Å². The first-order chi connectivity index (χ1) is 6.86. The summed E-state index contributed by atoms with van der Waals surface area (Å²) >= 11 is 0. The molecule has 0 spiro atoms. The second kappa shape index (κ2) is 16.6. The van der Waals surface area contributed by atoms with Gasteiger partial charge in [0.1, 0.15) is 31.4 Å². The quantitative estimate of drug-likeness (QED) is 0.264. The van der Waals surface area contributed by atoms with E-state index in [-0.39, 0.29) is 191 Å². The van der Waals surface area contributed by atoms with Gasteiger partial charge >= 0.3 is 0 Å². The molecular weight excluding hydrogens is 630 g/mol. The topological polar surface area (TPSA) is 51.4 Å². The van der Waals surface area contributed by atoms with Gasteiger partial charge in [-0.1, -0.05) is 16.8 Å². The molecule has 3 nitrogen and oxygen atoms in total. The summed E-state index contributed by atoms with van der Waals surface area (Å²) in [6.45, 7) is 3.04. The molecule has 1 N–H and O–H groups in total. The predicted molar refractivity (Wildman–Crippen MR) is 63.0 cm³/mol. The standard InChI is InChI=1S/C8H4B4NO2.5Y/c1-2(14)13-7-3(9)5(11)8(15)6(12)4(7)10;;;;;/h1H2,(H2,13,14,15);;;;;/q-1;;;;;/p-1. The monoisotopic (exact) mass is 634 g/mol. The van der Waals surface area contributed by atoms with Crippen molar-refractivity contribution in [2.24, 2.45) is 0 Å². The Bertz CT molecular complexity index is 420. The number of phenolic OH excluding ortho intramolecular Hbond substituents is 1. The SMILES string of the molecule is [B]c1c([B])c([N-]C([CH2-])=O)c([B])c([B])c1O.[Y].[Y].[Y].[Y].[Y]. The molecule has 0 unspecified atom stereocenters. The van der Waals surface area contributed by atoms with Crippen LogP contribution in [0, 0.1) is 6.92 Å². The first kappa shape index (κ1) is 35.3. The van der Waals surface area contributed by atoms with E-state index in [4.69, 9.17) is 31.4 Å². The average molecular weight is 633 g/mol. The number of aromatic hydroxyl groups is 1. The van der Waals surface area contributed by atoms with Gasteiger partial charge in [-0.15, -0.1) is 10.9 Å². The normalized spacial score (nSPS) is 7.40. The van der Waals surface area contributed by atoms with E-state index in [1.807, 2.05) is 0 Å². The number of carbonyl (C=O) groups excluding carboxylic acids is 1. The fourth-order valence-electron chi connectivity index (χ4n) is 1.05. The minimum absolute atomic E-state index is 0. The number of carbonyl (C=O) groups is 1. The molecule has 0 aliphatic carbocycles. The van der Waals surface area contributed by atoms with Gasteiger partial charge in [-0.3, -0.25) is 0 Å². The Morgan fingerprint density at radius 1 is 0.850 bits per heavy atom. The molecule has 0 saturated heterocycles. The van der Waals surface area contributed by atoms with E-state index in [0.717, 1.165) is 0 Å². The van der Waals surface area contributed by atoms with Crippen molar-refractivity contribution in [2.45, 2.75) is 0 Å². The van der Waals surface area contributed by atoms with E-state index >= 15 is 0 Å². The van der Waals surface area contributed by atoms with Gasteiger partial charge in [0.05, 0.1) is 5.75 Å². The Morgan fingerprint density at radius 3 is 1.40 bits per heavy atom. The molecule has 0 aliphatic heterocycles. The maximum Gasteiger partial charge on any atom is 0.118 e. The molecule has 0 heterocycles. The van der Waals surface area contributed by atoms with Crippen molar-refractivity contribution in [3.05, 3.63) is 12.2 Å². The first-order valence-electron chi connectivity index (χ1n) is 3.88. The largest absolute Gasteiger partial charge is 0.655 e. The number of hydrogen-bond acceptors (Lipinski definition) is 2. The summed E-state index contributed by atoms with van der Waals surface area (Å²) in [5.74, 6) is -1.15. The Hall–Kier alpha value is 4.14. The summed E-state index contributed by atoms with van der Waals surface area (Å²) in [4.78, 5) is 10.7. The van der Waals surface area contributed by atoms with Crippen molar-refractivity contribution >= 4 is 64.8 Å². The Morgan fingerprint density at radius 2 is 1.15 bits per heavy atom. The van der Waals surface area contributed by atoms with Crippen molar-refractivity contribution < 1.29 is 173 Å². The van der Waals surface area contributed by atoms with Crippen LogP contribution in [0.2, 0.25) is 0 Å². The van der Waals surface area contributed by atoms with Gasteiger partial charge in [0.2, 0.25) is 0 Å². The molecule has 0 saturated carbocycles. The van der Waals surface area contributed by atoms with Crippen LogP contribution in [0.1, 0.15) is 0 Å². The third-order valence-electron chi connectivity index (χ3n) is 1.84. The van der Waals surface area contributed by atoms with Crippen molar-refractivity contribution in [1.29, 1.82) is 0 Å². The van der Waals surface area contributed by atoms with Gasteiger partial charge < -0.3 is 22.1 Å². The first-order valence-corrected chi connectivity index (χ1v) is 3.88. The smallest absolute Gasteiger partial charge is 0.118 e. The minimum atomic E-state index is -0.738. The molecule has 1 rings (SSSR count). The third-order valence-corrected chi connectivity index (χ3v) is 1.84. The predicted octanol–water partition coefficient (Wildman–Crippen LogP) is -3.08. The summed E-state index contributed by atoms with van der Waals surface area (Å²) in [6.07, 6.45) is 0. The van der Waals surface area contributed by atoms with Gasteiger partial charge in [0.25, 0.3) is 0 Å². The van der Waals surface area contributed by atoms with Crippen molar-refractivity contribution in [3.8, 4) is 5.75 Å². The van der Waals surface area contributed by atoms with E-state index in [1.165, 1.54) is 0 Å². The number of hydrogen-bond donors (Lipinski definition) is 1. The van der Waals surface area contributed by atoms with Gasteiger partial charge in [0.15, 0.2) is 0 Å². The van der Waals surface area contributed by atoms with E-state index in [2.05, 4.69) is 12.2 Å². The summed E-state index contributed by atoms with van der Waals surface area (Å²) in [7, 11) is 21.9. The number of phenols is 1. The third kappa shape index (κ3) is 9.58. The zero-order valence-corrected chi connectivity index (χ0v) is 24.9. The van der Waals surface area contributed by atoms with Crippen LogP contribution in [0.25, 0.3) is 5.32 Å². The number of nitrogens with zero attached hydrogens (tertiary/aromatic N) is 1. The van der Waals surface area contributed by atoms with E-state index < -0.39 is 11.7 Å². The van der Waals surface area contributed by atoms with Gasteiger partial charge in [0, 0.05) is 164 Å². The van der Waals surface area contributed by atoms with Crippen LogP contribution < -0.4 is 21.9 Å². The van der Waals surface area contributed by atoms with Gasteiger partial charge in [-0.2, -0.15) is 5.69 Å². The fourth-order valence-corrected chi connectivity index (χ4v) is 1.05. The summed E-state index contributed by atoms with van der Waals surface area (Å²) in [6, 6.07) is 0. The van der Waals surface area contributed by atoms with Crippen molar-refractivity contribution in [3.63, 3.8) is 0 Å². The molecule has 0 fully saturated rings. The molecule has 0 atom stereocenters. The molecule has 0 aliphatic rings. The fraction of sp³-hybridized carbons (Fsp3) is 0. The molecule has 12 heteroatoms. The zero-order chi connectivity index (χ0) is 11.7.